The highest BCUT2D eigenvalue weighted by Crippen LogP contribution is 2.03. The van der Waals surface area contributed by atoms with E-state index in [1.165, 1.54) is 0 Å². The van der Waals surface area contributed by atoms with Gasteiger partial charge in [0.1, 0.15) is 0 Å². The van der Waals surface area contributed by atoms with Crippen molar-refractivity contribution in [2.24, 2.45) is 5.73 Å². The average molecular weight is 262 g/mol. The van der Waals surface area contributed by atoms with Crippen LogP contribution < -0.4 is 11.1 Å². The van der Waals surface area contributed by atoms with Crippen LogP contribution in [0.15, 0.2) is 0 Å². The lowest BCUT2D eigenvalue weighted by Gasteiger charge is -2.13. The third-order valence-corrected chi connectivity index (χ3v) is 2.13. The van der Waals surface area contributed by atoms with E-state index in [2.05, 4.69) is 5.32 Å². The van der Waals surface area contributed by atoms with Crippen molar-refractivity contribution in [3.63, 3.8) is 0 Å². The van der Waals surface area contributed by atoms with E-state index in [-0.39, 0.29) is 18.3 Å². The maximum Gasteiger partial charge on any atom is 0.451 e. The lowest BCUT2D eigenvalue weighted by molar-refractivity contribution is -0.191. The molecule has 0 fully saturated rings. The van der Waals surface area contributed by atoms with E-state index in [1.54, 1.807) is 6.92 Å². The first-order valence-corrected chi connectivity index (χ1v) is 5.93. The standard InChI is InChI=1S/C9H23BN2O3.CO2/c1-8(13)6-12-7-9(11)4-2-3-5-10(14)15;2-1-3/h8-9,12-15H,2-7,11H2,1H3;/t8-,9?;/m1./s1. The van der Waals surface area contributed by atoms with Crippen LogP contribution in [0.3, 0.4) is 0 Å². The minimum Gasteiger partial charge on any atom is -0.427 e. The molecular weight excluding hydrogens is 239 g/mol. The Kier molecular flexibility index (Phi) is 15.6. The molecule has 1 unspecified atom stereocenters. The SMILES string of the molecule is C[C@@H](O)CNCC(N)CCCCB(O)O.O=C=O. The van der Waals surface area contributed by atoms with Crippen molar-refractivity contribution in [1.29, 1.82) is 0 Å². The molecule has 0 aromatic heterocycles. The van der Waals surface area contributed by atoms with Crippen LogP contribution in [0.5, 0.6) is 0 Å². The van der Waals surface area contributed by atoms with Gasteiger partial charge in [0, 0.05) is 19.1 Å². The number of rotatable bonds is 9. The van der Waals surface area contributed by atoms with E-state index in [0.29, 0.717) is 19.4 Å². The minimum atomic E-state index is -1.20. The summed E-state index contributed by atoms with van der Waals surface area (Å²) < 4.78 is 0. The number of aliphatic hydroxyl groups is 1. The summed E-state index contributed by atoms with van der Waals surface area (Å²) in [5.41, 5.74) is 5.81. The van der Waals surface area contributed by atoms with Gasteiger partial charge < -0.3 is 26.2 Å². The first-order valence-electron chi connectivity index (χ1n) is 5.93. The van der Waals surface area contributed by atoms with Gasteiger partial charge in [-0.05, 0) is 19.7 Å². The topological polar surface area (TPSA) is 133 Å². The number of unbranched alkanes of at least 4 members (excludes halogenated alkanes) is 1. The smallest absolute Gasteiger partial charge is 0.427 e. The van der Waals surface area contributed by atoms with Crippen LogP contribution in [0, 0.1) is 0 Å². The zero-order valence-electron chi connectivity index (χ0n) is 10.7. The fraction of sp³-hybridized carbons (Fsp3) is 0.900. The maximum absolute atomic E-state index is 8.98. The summed E-state index contributed by atoms with van der Waals surface area (Å²) in [5.74, 6) is 0. The molecule has 0 radical (unpaired) electrons. The third-order valence-electron chi connectivity index (χ3n) is 2.13. The van der Waals surface area contributed by atoms with E-state index in [0.717, 1.165) is 19.3 Å². The second-order valence-corrected chi connectivity index (χ2v) is 4.12. The summed E-state index contributed by atoms with van der Waals surface area (Å²) in [6.07, 6.45) is 2.85. The van der Waals surface area contributed by atoms with Crippen molar-refractivity contribution in [3.05, 3.63) is 0 Å². The fourth-order valence-electron chi connectivity index (χ4n) is 1.31. The van der Waals surface area contributed by atoms with Crippen molar-refractivity contribution in [1.82, 2.24) is 5.32 Å². The van der Waals surface area contributed by atoms with Gasteiger partial charge in [0.2, 0.25) is 0 Å². The van der Waals surface area contributed by atoms with E-state index in [9.17, 15) is 0 Å². The van der Waals surface area contributed by atoms with Gasteiger partial charge in [-0.15, -0.1) is 0 Å². The second-order valence-electron chi connectivity index (χ2n) is 4.12. The summed E-state index contributed by atoms with van der Waals surface area (Å²) in [4.78, 5) is 16.2. The zero-order chi connectivity index (χ0) is 14.4. The minimum absolute atomic E-state index is 0.0691. The molecule has 6 N–H and O–H groups in total. The maximum atomic E-state index is 8.98. The number of aliphatic hydroxyl groups excluding tert-OH is 1. The molecule has 8 heteroatoms. The lowest BCUT2D eigenvalue weighted by atomic mass is 9.83. The molecule has 7 nitrogen and oxygen atoms in total. The Balaban J connectivity index is 0. The highest BCUT2D eigenvalue weighted by atomic mass is 16.4. The molecule has 0 saturated carbocycles. The molecule has 2 atom stereocenters. The predicted molar refractivity (Wildman–Crippen MR) is 66.4 cm³/mol. The molecule has 0 aromatic rings. The number of hydrogen-bond acceptors (Lipinski definition) is 7. The van der Waals surface area contributed by atoms with Crippen LogP contribution in [-0.2, 0) is 9.59 Å². The number of carbonyl (C=O) groups excluding carboxylic acids is 2. The Bertz CT molecular complexity index is 210. The molecule has 0 aromatic carbocycles. The molecule has 0 aliphatic carbocycles. The number of nitrogens with one attached hydrogen (secondary N) is 1. The van der Waals surface area contributed by atoms with Gasteiger partial charge >= 0.3 is 13.3 Å². The van der Waals surface area contributed by atoms with E-state index in [1.807, 2.05) is 0 Å². The monoisotopic (exact) mass is 262 g/mol. The van der Waals surface area contributed by atoms with E-state index >= 15 is 0 Å². The summed E-state index contributed by atoms with van der Waals surface area (Å²) >= 11 is 0. The molecule has 0 heterocycles. The van der Waals surface area contributed by atoms with Crippen LogP contribution in [0.2, 0.25) is 6.32 Å². The van der Waals surface area contributed by atoms with Crippen molar-refractivity contribution in [3.8, 4) is 0 Å². The largest absolute Gasteiger partial charge is 0.451 e. The molecule has 0 bridgehead atoms. The van der Waals surface area contributed by atoms with Gasteiger partial charge in [-0.2, -0.15) is 9.59 Å². The molecule has 0 aliphatic rings. The normalized spacial score (nSPS) is 12.9. The highest BCUT2D eigenvalue weighted by molar-refractivity contribution is 6.40. The lowest BCUT2D eigenvalue weighted by Crippen LogP contribution is -2.36. The fourth-order valence-corrected chi connectivity index (χ4v) is 1.31. The summed E-state index contributed by atoms with van der Waals surface area (Å²) in [6, 6.07) is 0.0691. The predicted octanol–water partition coefficient (Wildman–Crippen LogP) is -1.66. The van der Waals surface area contributed by atoms with Gasteiger partial charge in [-0.25, -0.2) is 0 Å². The van der Waals surface area contributed by atoms with Crippen LogP contribution in [0.1, 0.15) is 26.2 Å². The molecule has 0 aliphatic heterocycles. The zero-order valence-corrected chi connectivity index (χ0v) is 10.7. The molecule has 0 spiro atoms. The van der Waals surface area contributed by atoms with Crippen molar-refractivity contribution >= 4 is 13.3 Å². The quantitative estimate of drug-likeness (QED) is 0.248. The molecule has 0 rings (SSSR count). The molecule has 0 saturated heterocycles. The molecule has 106 valence electrons. The van der Waals surface area contributed by atoms with Gasteiger partial charge in [0.05, 0.1) is 6.10 Å². The van der Waals surface area contributed by atoms with Crippen LogP contribution >= 0.6 is 0 Å². The average Bonchev–Trinajstić information content (AvgIpc) is 2.25. The van der Waals surface area contributed by atoms with Crippen molar-refractivity contribution in [2.45, 2.75) is 44.7 Å². The van der Waals surface area contributed by atoms with Gasteiger partial charge in [0.25, 0.3) is 0 Å². The van der Waals surface area contributed by atoms with Gasteiger partial charge in [0.15, 0.2) is 0 Å². The van der Waals surface area contributed by atoms with E-state index < -0.39 is 7.12 Å². The number of hydrogen-bond donors (Lipinski definition) is 5. The first-order chi connectivity index (χ1) is 8.43. The Morgan fingerprint density at radius 3 is 2.28 bits per heavy atom. The Morgan fingerprint density at radius 1 is 1.28 bits per heavy atom. The number of nitrogens with two attached hydrogens (primary N) is 1. The Hall–Kier alpha value is -0.755. The van der Waals surface area contributed by atoms with Crippen molar-refractivity contribution in [2.75, 3.05) is 13.1 Å². The third kappa shape index (κ3) is 20.6. The summed E-state index contributed by atoms with van der Waals surface area (Å²) in [7, 11) is -1.20. The molecular formula is C10H23BN2O5. The Labute approximate surface area is 108 Å². The van der Waals surface area contributed by atoms with Crippen molar-refractivity contribution < 1.29 is 24.7 Å². The van der Waals surface area contributed by atoms with Gasteiger partial charge in [-0.3, -0.25) is 0 Å². The molecule has 0 amide bonds. The summed E-state index contributed by atoms with van der Waals surface area (Å²) in [5, 5.41) is 29.3. The Morgan fingerprint density at radius 2 is 1.83 bits per heavy atom. The van der Waals surface area contributed by atoms with Crippen LogP contribution in [-0.4, -0.2) is 53.7 Å². The van der Waals surface area contributed by atoms with Crippen LogP contribution in [0.25, 0.3) is 0 Å². The summed E-state index contributed by atoms with van der Waals surface area (Å²) in [6.45, 7) is 2.97. The van der Waals surface area contributed by atoms with Gasteiger partial charge in [-0.1, -0.05) is 12.8 Å². The second kappa shape index (κ2) is 14.3. The first kappa shape index (κ1) is 19.6. The van der Waals surface area contributed by atoms with E-state index in [4.69, 9.17) is 30.5 Å². The molecule has 18 heavy (non-hydrogen) atoms. The highest BCUT2D eigenvalue weighted by Gasteiger charge is 2.07. The van der Waals surface area contributed by atoms with Crippen LogP contribution in [0.4, 0.5) is 0 Å².